The van der Waals surface area contributed by atoms with Gasteiger partial charge < -0.3 is 9.84 Å². The summed E-state index contributed by atoms with van der Waals surface area (Å²) in [4.78, 5) is 22.5. The van der Waals surface area contributed by atoms with Crippen molar-refractivity contribution in [2.45, 2.75) is 86.7 Å². The van der Waals surface area contributed by atoms with Gasteiger partial charge in [-0.25, -0.2) is 0 Å². The number of hydrogen-bond acceptors (Lipinski definition) is 3. The lowest BCUT2D eigenvalue weighted by atomic mass is 9.70. The second-order valence-electron chi connectivity index (χ2n) is 9.20. The average molecular weight is 314 g/mol. The quantitative estimate of drug-likeness (QED) is 0.694. The van der Waals surface area contributed by atoms with Gasteiger partial charge in [-0.05, 0) is 43.4 Å². The number of hydrogen-bond donors (Lipinski definition) is 1. The van der Waals surface area contributed by atoms with Gasteiger partial charge >= 0.3 is 11.9 Å². The fourth-order valence-electron chi connectivity index (χ4n) is 2.68. The summed E-state index contributed by atoms with van der Waals surface area (Å²) < 4.78 is 5.64. The molecule has 0 aliphatic heterocycles. The Morgan fingerprint density at radius 2 is 1.27 bits per heavy atom. The molecule has 0 amide bonds. The van der Waals surface area contributed by atoms with Crippen LogP contribution in [0.5, 0.6) is 0 Å². The fraction of sp³-hybridized carbons (Fsp3) is 0.889. The summed E-state index contributed by atoms with van der Waals surface area (Å²) >= 11 is 0. The van der Waals surface area contributed by atoms with Crippen molar-refractivity contribution in [1.29, 1.82) is 0 Å². The first-order valence-corrected chi connectivity index (χ1v) is 8.06. The highest BCUT2D eigenvalue weighted by molar-refractivity contribution is 5.76. The first kappa shape index (κ1) is 20.9. The van der Waals surface area contributed by atoms with E-state index in [1.807, 2.05) is 13.8 Å². The molecule has 4 nitrogen and oxygen atoms in total. The number of carbonyl (C=O) groups excluding carboxylic acids is 1. The highest BCUT2D eigenvalue weighted by Gasteiger charge is 2.38. The lowest BCUT2D eigenvalue weighted by molar-refractivity contribution is -0.166. The molecular formula is C18H34O4. The molecule has 4 heteroatoms. The Hall–Kier alpha value is -1.06. The van der Waals surface area contributed by atoms with Crippen molar-refractivity contribution in [3.05, 3.63) is 0 Å². The van der Waals surface area contributed by atoms with Crippen LogP contribution in [0.4, 0.5) is 0 Å². The van der Waals surface area contributed by atoms with E-state index in [9.17, 15) is 9.59 Å². The number of rotatable bonds is 7. The normalized spacial score (nSPS) is 13.3. The fourth-order valence-corrected chi connectivity index (χ4v) is 2.68. The molecular weight excluding hydrogens is 280 g/mol. The summed E-state index contributed by atoms with van der Waals surface area (Å²) in [7, 11) is 0. The van der Waals surface area contributed by atoms with Crippen LogP contribution < -0.4 is 0 Å². The zero-order valence-electron chi connectivity index (χ0n) is 15.6. The standard InChI is InChI=1S/C18H34O4/c1-16(2,3)11-13(12-17(4,5)6)18(7,8)22-15(21)10-9-14(19)20/h13H,9-12H2,1-8H3,(H,19,20). The van der Waals surface area contributed by atoms with Gasteiger partial charge in [-0.3, -0.25) is 9.59 Å². The molecule has 0 heterocycles. The third-order valence-electron chi connectivity index (χ3n) is 3.62. The second-order valence-corrected chi connectivity index (χ2v) is 9.20. The molecule has 0 fully saturated rings. The molecule has 0 spiro atoms. The summed E-state index contributed by atoms with van der Waals surface area (Å²) in [6.45, 7) is 17.0. The van der Waals surface area contributed by atoms with E-state index >= 15 is 0 Å². The van der Waals surface area contributed by atoms with Crippen LogP contribution >= 0.6 is 0 Å². The van der Waals surface area contributed by atoms with Crippen molar-refractivity contribution in [1.82, 2.24) is 0 Å². The van der Waals surface area contributed by atoms with Crippen molar-refractivity contribution >= 4 is 11.9 Å². The highest BCUT2D eigenvalue weighted by atomic mass is 16.6. The largest absolute Gasteiger partial charge is 0.481 e. The Kier molecular flexibility index (Phi) is 7.11. The predicted octanol–water partition coefficient (Wildman–Crippen LogP) is 4.66. The molecule has 0 aromatic heterocycles. The van der Waals surface area contributed by atoms with Gasteiger partial charge in [0.1, 0.15) is 5.60 Å². The van der Waals surface area contributed by atoms with E-state index in [4.69, 9.17) is 9.84 Å². The van der Waals surface area contributed by atoms with Crippen LogP contribution in [0.1, 0.15) is 81.1 Å². The summed E-state index contributed by atoms with van der Waals surface area (Å²) in [6, 6.07) is 0. The van der Waals surface area contributed by atoms with Crippen LogP contribution in [0, 0.1) is 16.7 Å². The third kappa shape index (κ3) is 9.80. The maximum Gasteiger partial charge on any atom is 0.306 e. The number of carbonyl (C=O) groups is 2. The molecule has 0 aromatic carbocycles. The van der Waals surface area contributed by atoms with Gasteiger partial charge in [0.2, 0.25) is 0 Å². The van der Waals surface area contributed by atoms with Crippen molar-refractivity contribution in [2.24, 2.45) is 16.7 Å². The summed E-state index contributed by atoms with van der Waals surface area (Å²) in [5.41, 5.74) is -0.322. The lowest BCUT2D eigenvalue weighted by Gasteiger charge is -2.40. The van der Waals surface area contributed by atoms with Crippen LogP contribution in [-0.2, 0) is 14.3 Å². The number of carboxylic acids is 1. The third-order valence-corrected chi connectivity index (χ3v) is 3.62. The zero-order chi connectivity index (χ0) is 17.8. The minimum absolute atomic E-state index is 0.0729. The maximum atomic E-state index is 11.9. The number of carboxylic acid groups (broad SMARTS) is 1. The number of aliphatic carboxylic acids is 1. The Morgan fingerprint density at radius 3 is 1.59 bits per heavy atom. The van der Waals surface area contributed by atoms with E-state index in [-0.39, 0.29) is 29.6 Å². The molecule has 22 heavy (non-hydrogen) atoms. The van der Waals surface area contributed by atoms with Crippen LogP contribution in [-0.4, -0.2) is 22.6 Å². The van der Waals surface area contributed by atoms with E-state index in [1.165, 1.54) is 0 Å². The molecule has 0 saturated heterocycles. The first-order valence-electron chi connectivity index (χ1n) is 8.06. The summed E-state index contributed by atoms with van der Waals surface area (Å²) in [5, 5.41) is 8.67. The minimum Gasteiger partial charge on any atom is -0.481 e. The molecule has 130 valence electrons. The molecule has 0 bridgehead atoms. The van der Waals surface area contributed by atoms with Crippen molar-refractivity contribution in [3.8, 4) is 0 Å². The van der Waals surface area contributed by atoms with Crippen LogP contribution in [0.2, 0.25) is 0 Å². The molecule has 0 rings (SSSR count). The van der Waals surface area contributed by atoms with Crippen molar-refractivity contribution in [2.75, 3.05) is 0 Å². The SMILES string of the molecule is CC(C)(C)CC(CC(C)(C)C)C(C)(C)OC(=O)CCC(=O)O. The van der Waals surface area contributed by atoms with E-state index in [0.29, 0.717) is 0 Å². The van der Waals surface area contributed by atoms with E-state index < -0.39 is 17.5 Å². The molecule has 0 unspecified atom stereocenters. The van der Waals surface area contributed by atoms with E-state index in [2.05, 4.69) is 41.5 Å². The number of esters is 1. The molecule has 0 saturated carbocycles. The topological polar surface area (TPSA) is 63.6 Å². The van der Waals surface area contributed by atoms with E-state index in [0.717, 1.165) is 12.8 Å². The van der Waals surface area contributed by atoms with Gasteiger partial charge in [-0.2, -0.15) is 0 Å². The second kappa shape index (κ2) is 7.47. The molecule has 0 aliphatic carbocycles. The smallest absolute Gasteiger partial charge is 0.306 e. The lowest BCUT2D eigenvalue weighted by Crippen LogP contribution is -2.40. The van der Waals surface area contributed by atoms with Gasteiger partial charge in [0, 0.05) is 0 Å². The average Bonchev–Trinajstić information content (AvgIpc) is 2.20. The van der Waals surface area contributed by atoms with Gasteiger partial charge in [0.25, 0.3) is 0 Å². The summed E-state index contributed by atoms with van der Waals surface area (Å²) in [6.07, 6.45) is 1.64. The van der Waals surface area contributed by atoms with Crippen LogP contribution in [0.25, 0.3) is 0 Å². The Morgan fingerprint density at radius 1 is 0.864 bits per heavy atom. The molecule has 0 radical (unpaired) electrons. The molecule has 1 N–H and O–H groups in total. The number of ether oxygens (including phenoxy) is 1. The summed E-state index contributed by atoms with van der Waals surface area (Å²) in [5.74, 6) is -1.18. The van der Waals surface area contributed by atoms with Gasteiger partial charge in [-0.15, -0.1) is 0 Å². The van der Waals surface area contributed by atoms with Crippen molar-refractivity contribution in [3.63, 3.8) is 0 Å². The zero-order valence-corrected chi connectivity index (χ0v) is 15.6. The molecule has 0 aliphatic rings. The van der Waals surface area contributed by atoms with Gasteiger partial charge in [0.05, 0.1) is 12.8 Å². The molecule has 0 aromatic rings. The Balaban J connectivity index is 4.99. The van der Waals surface area contributed by atoms with Gasteiger partial charge in [0.15, 0.2) is 0 Å². The molecule has 0 atom stereocenters. The predicted molar refractivity (Wildman–Crippen MR) is 88.7 cm³/mol. The highest BCUT2D eigenvalue weighted by Crippen LogP contribution is 2.40. The Bertz CT molecular complexity index is 367. The first-order chi connectivity index (χ1) is 9.62. The van der Waals surface area contributed by atoms with Gasteiger partial charge in [-0.1, -0.05) is 41.5 Å². The van der Waals surface area contributed by atoms with E-state index in [1.54, 1.807) is 0 Å². The minimum atomic E-state index is -0.976. The monoisotopic (exact) mass is 314 g/mol. The van der Waals surface area contributed by atoms with Crippen molar-refractivity contribution < 1.29 is 19.4 Å². The van der Waals surface area contributed by atoms with Crippen LogP contribution in [0.3, 0.4) is 0 Å². The Labute approximate surface area is 135 Å². The maximum absolute atomic E-state index is 11.9. The van der Waals surface area contributed by atoms with Crippen LogP contribution in [0.15, 0.2) is 0 Å².